The van der Waals surface area contributed by atoms with Crippen LogP contribution in [0, 0.1) is 0 Å². The van der Waals surface area contributed by atoms with E-state index in [0.717, 1.165) is 0 Å². The van der Waals surface area contributed by atoms with Crippen molar-refractivity contribution in [2.24, 2.45) is 0 Å². The molecule has 2 aliphatic carbocycles. The predicted molar refractivity (Wildman–Crippen MR) is 210 cm³/mol. The third-order valence-corrected chi connectivity index (χ3v) is 10.7. The lowest BCUT2D eigenvalue weighted by Crippen LogP contribution is -1.93. The van der Waals surface area contributed by atoms with Crippen LogP contribution < -0.4 is 0 Å². The van der Waals surface area contributed by atoms with Crippen LogP contribution in [0.15, 0.2) is 30.3 Å². The number of fused-ring (bicyclic) bond motifs is 1. The molecule has 0 saturated carbocycles. The quantitative estimate of drug-likeness (QED) is 0.0704. The maximum atomic E-state index is 2.57. The molecule has 0 amide bonds. The zero-order valence-electron chi connectivity index (χ0n) is 31.9. The fourth-order valence-corrected chi connectivity index (χ4v) is 7.56. The Kier molecular flexibility index (Phi) is 25.5. The van der Waals surface area contributed by atoms with E-state index in [1.54, 1.807) is 11.1 Å². The van der Waals surface area contributed by atoms with Crippen molar-refractivity contribution in [3.63, 3.8) is 0 Å². The Bertz CT molecular complexity index is 906. The van der Waals surface area contributed by atoms with Crippen LogP contribution in [0.2, 0.25) is 0 Å². The van der Waals surface area contributed by atoms with Gasteiger partial charge in [0.1, 0.15) is 0 Å². The summed E-state index contributed by atoms with van der Waals surface area (Å²) in [7, 11) is 0. The molecule has 0 heteroatoms. The molecule has 0 aliphatic heterocycles. The van der Waals surface area contributed by atoms with E-state index in [1.807, 2.05) is 0 Å². The topological polar surface area (TPSA) is 0 Å². The Morgan fingerprint density at radius 2 is 0.783 bits per heavy atom. The molecule has 0 spiro atoms. The van der Waals surface area contributed by atoms with E-state index in [-0.39, 0.29) is 0 Å². The average molecular weight is 633 g/mol. The minimum absolute atomic E-state index is 0.582. The second kappa shape index (κ2) is 28.7. The Labute approximate surface area is 290 Å². The molecule has 0 N–H and O–H groups in total. The summed E-state index contributed by atoms with van der Waals surface area (Å²) in [6, 6.07) is 12.2. The largest absolute Gasteiger partial charge is 0.0654 e. The average Bonchev–Trinajstić information content (AvgIpc) is 3.22. The smallest absolute Gasteiger partial charge is 0.0149 e. The Hall–Kier alpha value is -1.30. The van der Waals surface area contributed by atoms with Crippen molar-refractivity contribution in [3.05, 3.63) is 47.0 Å². The van der Waals surface area contributed by atoms with Crippen molar-refractivity contribution in [2.45, 2.75) is 233 Å². The first-order valence-corrected chi connectivity index (χ1v) is 21.2. The SMILES string of the molecule is CCCCCCCCCCCCCCCCCc1cc2cc(C(C)C)cccc-2c1CCCCCCCCCCCCCCCC. The second-order valence-corrected chi connectivity index (χ2v) is 15.4. The first-order valence-electron chi connectivity index (χ1n) is 21.2. The number of rotatable bonds is 32. The molecule has 2 aliphatic rings. The van der Waals surface area contributed by atoms with Gasteiger partial charge in [0.25, 0.3) is 0 Å². The van der Waals surface area contributed by atoms with Crippen molar-refractivity contribution < 1.29 is 0 Å². The lowest BCUT2D eigenvalue weighted by Gasteiger charge is -2.08. The molecule has 0 bridgehead atoms. The molecular weight excluding hydrogens is 553 g/mol. The molecule has 264 valence electrons. The van der Waals surface area contributed by atoms with Crippen LogP contribution in [0.1, 0.15) is 237 Å². The van der Waals surface area contributed by atoms with Crippen LogP contribution in [0.3, 0.4) is 0 Å². The predicted octanol–water partition coefficient (Wildman–Crippen LogP) is 16.4. The van der Waals surface area contributed by atoms with Gasteiger partial charge in [0.2, 0.25) is 0 Å². The van der Waals surface area contributed by atoms with Gasteiger partial charge in [-0.2, -0.15) is 0 Å². The second-order valence-electron chi connectivity index (χ2n) is 15.4. The summed E-state index contributed by atoms with van der Waals surface area (Å²) in [6.45, 7) is 9.28. The van der Waals surface area contributed by atoms with E-state index in [0.29, 0.717) is 5.92 Å². The summed E-state index contributed by atoms with van der Waals surface area (Å²) in [5, 5.41) is 0. The minimum atomic E-state index is 0.582. The molecule has 0 unspecified atom stereocenters. The van der Waals surface area contributed by atoms with Gasteiger partial charge >= 0.3 is 0 Å². The molecule has 0 aromatic heterocycles. The summed E-state index contributed by atoms with van der Waals surface area (Å²) in [5.74, 6) is 0.582. The lowest BCUT2D eigenvalue weighted by atomic mass is 9.97. The van der Waals surface area contributed by atoms with Crippen LogP contribution in [0.5, 0.6) is 0 Å². The molecule has 0 heterocycles. The summed E-state index contributed by atoms with van der Waals surface area (Å²) < 4.78 is 0. The normalized spacial score (nSPS) is 11.8. The maximum Gasteiger partial charge on any atom is -0.0149 e. The van der Waals surface area contributed by atoms with Gasteiger partial charge < -0.3 is 0 Å². The van der Waals surface area contributed by atoms with Gasteiger partial charge in [0.05, 0.1) is 0 Å². The maximum absolute atomic E-state index is 2.57. The highest BCUT2D eigenvalue weighted by atomic mass is 14.2. The van der Waals surface area contributed by atoms with Crippen molar-refractivity contribution >= 4 is 0 Å². The van der Waals surface area contributed by atoms with Gasteiger partial charge in [0.15, 0.2) is 0 Å². The van der Waals surface area contributed by atoms with Gasteiger partial charge in [-0.15, -0.1) is 0 Å². The lowest BCUT2D eigenvalue weighted by molar-refractivity contribution is 0.532. The molecule has 0 radical (unpaired) electrons. The molecule has 0 aromatic carbocycles. The van der Waals surface area contributed by atoms with Crippen LogP contribution in [0.4, 0.5) is 0 Å². The molecule has 0 nitrogen and oxygen atoms in total. The van der Waals surface area contributed by atoms with Crippen LogP contribution in [0.25, 0.3) is 11.1 Å². The van der Waals surface area contributed by atoms with E-state index in [4.69, 9.17) is 0 Å². The summed E-state index contributed by atoms with van der Waals surface area (Å²) >= 11 is 0. The van der Waals surface area contributed by atoms with Gasteiger partial charge in [-0.25, -0.2) is 0 Å². The third-order valence-electron chi connectivity index (χ3n) is 10.7. The van der Waals surface area contributed by atoms with E-state index in [9.17, 15) is 0 Å². The molecule has 0 saturated heterocycles. The van der Waals surface area contributed by atoms with Gasteiger partial charge in [0, 0.05) is 0 Å². The molecule has 2 rings (SSSR count). The van der Waals surface area contributed by atoms with Crippen LogP contribution >= 0.6 is 0 Å². The molecule has 0 atom stereocenters. The Morgan fingerprint density at radius 1 is 0.413 bits per heavy atom. The summed E-state index contributed by atoms with van der Waals surface area (Å²) in [5.41, 5.74) is 7.86. The highest BCUT2D eigenvalue weighted by Crippen LogP contribution is 2.35. The highest BCUT2D eigenvalue weighted by molar-refractivity contribution is 5.74. The van der Waals surface area contributed by atoms with Crippen molar-refractivity contribution in [3.8, 4) is 11.1 Å². The molecular formula is C46H80. The van der Waals surface area contributed by atoms with E-state index in [1.165, 1.54) is 216 Å². The van der Waals surface area contributed by atoms with Crippen molar-refractivity contribution in [2.75, 3.05) is 0 Å². The summed E-state index contributed by atoms with van der Waals surface area (Å²) in [6.07, 6.45) is 44.3. The van der Waals surface area contributed by atoms with Crippen molar-refractivity contribution in [1.29, 1.82) is 0 Å². The third kappa shape index (κ3) is 19.5. The Morgan fingerprint density at radius 3 is 1.17 bits per heavy atom. The van der Waals surface area contributed by atoms with Gasteiger partial charge in [-0.3, -0.25) is 0 Å². The monoisotopic (exact) mass is 633 g/mol. The fourth-order valence-electron chi connectivity index (χ4n) is 7.56. The van der Waals surface area contributed by atoms with Crippen LogP contribution in [-0.4, -0.2) is 0 Å². The number of hydrogen-bond donors (Lipinski definition) is 0. The molecule has 0 fully saturated rings. The van der Waals surface area contributed by atoms with Crippen molar-refractivity contribution in [1.82, 2.24) is 0 Å². The molecule has 0 aromatic rings. The fraction of sp³-hybridized carbons (Fsp3) is 0.783. The van der Waals surface area contributed by atoms with Gasteiger partial charge in [-0.1, -0.05) is 231 Å². The first-order chi connectivity index (χ1) is 22.7. The van der Waals surface area contributed by atoms with E-state index >= 15 is 0 Å². The standard InChI is InChI=1S/C46H80/c1-5-7-9-11-13-15-17-19-21-22-24-26-28-30-32-35-43-40-44-39-42(41(3)4)36-34-38-46(44)45(43)37-33-31-29-27-25-23-20-18-16-14-12-10-8-6-2/h34,36,38-41H,5-33,35,37H2,1-4H3. The van der Waals surface area contributed by atoms with Gasteiger partial charge in [-0.05, 0) is 59.4 Å². The Balaban J connectivity index is 1.64. The first kappa shape index (κ1) is 40.9. The number of unbranched alkanes of at least 4 members (excludes halogenated alkanes) is 27. The minimum Gasteiger partial charge on any atom is -0.0654 e. The highest BCUT2D eigenvalue weighted by Gasteiger charge is 2.16. The number of hydrogen-bond acceptors (Lipinski definition) is 0. The summed E-state index contributed by atoms with van der Waals surface area (Å²) in [4.78, 5) is 0. The molecule has 46 heavy (non-hydrogen) atoms. The van der Waals surface area contributed by atoms with Crippen LogP contribution in [-0.2, 0) is 12.8 Å². The zero-order valence-corrected chi connectivity index (χ0v) is 31.9. The number of aryl methyl sites for hydroxylation is 1. The van der Waals surface area contributed by atoms with E-state index < -0.39 is 0 Å². The van der Waals surface area contributed by atoms with E-state index in [2.05, 4.69) is 58.0 Å². The zero-order chi connectivity index (χ0) is 32.9.